The zero-order valence-electron chi connectivity index (χ0n) is 14.9. The Balaban J connectivity index is 2.09. The normalized spacial score (nSPS) is 12.6. The molecular weight excluding hydrogens is 322 g/mol. The number of fused-ring (bicyclic) bond motifs is 1. The van der Waals surface area contributed by atoms with Gasteiger partial charge in [-0.15, -0.1) is 11.8 Å². The van der Waals surface area contributed by atoms with E-state index in [0.29, 0.717) is 23.0 Å². The minimum atomic E-state index is -0.348. The molecule has 0 saturated heterocycles. The molecule has 1 aromatic heterocycles. The van der Waals surface area contributed by atoms with Crippen LogP contribution >= 0.6 is 11.8 Å². The minimum absolute atomic E-state index is 0.0282. The molecule has 0 aliphatic heterocycles. The highest BCUT2D eigenvalue weighted by atomic mass is 32.2. The van der Waals surface area contributed by atoms with Gasteiger partial charge < -0.3 is 9.73 Å². The third-order valence-electron chi connectivity index (χ3n) is 4.32. The average Bonchev–Trinajstić information content (AvgIpc) is 2.48. The van der Waals surface area contributed by atoms with Crippen molar-refractivity contribution in [2.45, 2.75) is 46.4 Å². The molecule has 0 unspecified atom stereocenters. The van der Waals surface area contributed by atoms with E-state index in [1.807, 2.05) is 32.9 Å². The van der Waals surface area contributed by atoms with Gasteiger partial charge in [-0.05, 0) is 55.5 Å². The number of nitrogens with one attached hydrogen (secondary N) is 1. The number of amides is 1. The van der Waals surface area contributed by atoms with Gasteiger partial charge in [0.05, 0.1) is 5.75 Å². The summed E-state index contributed by atoms with van der Waals surface area (Å²) in [4.78, 5) is 23.7. The molecule has 0 aliphatic carbocycles. The fourth-order valence-corrected chi connectivity index (χ4v) is 3.15. The van der Waals surface area contributed by atoms with Crippen molar-refractivity contribution < 1.29 is 9.21 Å². The number of hydrogen-bond acceptors (Lipinski definition) is 4. The predicted molar refractivity (Wildman–Crippen MR) is 101 cm³/mol. The maximum absolute atomic E-state index is 12.0. The molecular formula is C19H25NO3S. The Morgan fingerprint density at radius 1 is 1.17 bits per heavy atom. The molecule has 130 valence electrons. The predicted octanol–water partition coefficient (Wildman–Crippen LogP) is 3.80. The van der Waals surface area contributed by atoms with Crippen LogP contribution < -0.4 is 10.9 Å². The molecule has 0 aliphatic rings. The standard InChI is InChI=1S/C19H25NO3S/c1-11(2)14(5)20-18(21)10-24-9-15-8-19(22)23-17-7-13(4)12(3)6-16(15)17/h6-8,11,14H,9-10H2,1-5H3,(H,20,21)/t14-/m1/s1. The van der Waals surface area contributed by atoms with Crippen LogP contribution in [-0.4, -0.2) is 17.7 Å². The van der Waals surface area contributed by atoms with E-state index in [1.54, 1.807) is 0 Å². The Morgan fingerprint density at radius 2 is 1.83 bits per heavy atom. The molecule has 1 aromatic carbocycles. The molecule has 1 amide bonds. The fraction of sp³-hybridized carbons (Fsp3) is 0.474. The van der Waals surface area contributed by atoms with Crippen LogP contribution in [0.3, 0.4) is 0 Å². The van der Waals surface area contributed by atoms with Crippen molar-refractivity contribution in [2.75, 3.05) is 5.75 Å². The quantitative estimate of drug-likeness (QED) is 0.808. The van der Waals surface area contributed by atoms with Crippen LogP contribution in [-0.2, 0) is 10.5 Å². The average molecular weight is 347 g/mol. The highest BCUT2D eigenvalue weighted by Gasteiger charge is 2.12. The number of aryl methyl sites for hydroxylation is 2. The monoisotopic (exact) mass is 347 g/mol. The largest absolute Gasteiger partial charge is 0.423 e. The van der Waals surface area contributed by atoms with Crippen LogP contribution in [0.25, 0.3) is 11.0 Å². The van der Waals surface area contributed by atoms with Crippen molar-refractivity contribution in [2.24, 2.45) is 5.92 Å². The second-order valence-corrected chi connectivity index (χ2v) is 7.60. The van der Waals surface area contributed by atoms with E-state index in [0.717, 1.165) is 22.1 Å². The Kier molecular flexibility index (Phi) is 6.10. The van der Waals surface area contributed by atoms with Gasteiger partial charge >= 0.3 is 5.63 Å². The Bertz CT molecular complexity index is 795. The first kappa shape index (κ1) is 18.6. The van der Waals surface area contributed by atoms with Crippen molar-refractivity contribution in [3.8, 4) is 0 Å². The molecule has 5 heteroatoms. The van der Waals surface area contributed by atoms with Gasteiger partial charge in [0, 0.05) is 23.2 Å². The van der Waals surface area contributed by atoms with Crippen LogP contribution in [0, 0.1) is 19.8 Å². The molecule has 0 spiro atoms. The lowest BCUT2D eigenvalue weighted by Crippen LogP contribution is -2.37. The van der Waals surface area contributed by atoms with Crippen molar-refractivity contribution >= 4 is 28.6 Å². The molecule has 0 saturated carbocycles. The van der Waals surface area contributed by atoms with E-state index >= 15 is 0 Å². The third-order valence-corrected chi connectivity index (χ3v) is 5.31. The molecule has 0 bridgehead atoms. The summed E-state index contributed by atoms with van der Waals surface area (Å²) >= 11 is 1.51. The summed E-state index contributed by atoms with van der Waals surface area (Å²) < 4.78 is 5.30. The number of benzene rings is 1. The SMILES string of the molecule is Cc1cc2oc(=O)cc(CSCC(=O)N[C@H](C)C(C)C)c2cc1C. The van der Waals surface area contributed by atoms with Gasteiger partial charge in [0.15, 0.2) is 0 Å². The summed E-state index contributed by atoms with van der Waals surface area (Å²) in [5.41, 5.74) is 3.43. The molecule has 1 heterocycles. The lowest BCUT2D eigenvalue weighted by Gasteiger charge is -2.17. The maximum atomic E-state index is 12.0. The first-order valence-electron chi connectivity index (χ1n) is 8.19. The second-order valence-electron chi connectivity index (χ2n) is 6.62. The number of rotatable bonds is 6. The van der Waals surface area contributed by atoms with Gasteiger partial charge in [0.1, 0.15) is 5.58 Å². The summed E-state index contributed by atoms with van der Waals surface area (Å²) in [6, 6.07) is 5.63. The van der Waals surface area contributed by atoms with E-state index in [9.17, 15) is 9.59 Å². The molecule has 0 fully saturated rings. The van der Waals surface area contributed by atoms with Gasteiger partial charge in [-0.2, -0.15) is 0 Å². The highest BCUT2D eigenvalue weighted by molar-refractivity contribution is 7.99. The molecule has 2 rings (SSSR count). The molecule has 1 atom stereocenters. The van der Waals surface area contributed by atoms with Crippen molar-refractivity contribution in [1.29, 1.82) is 0 Å². The fourth-order valence-electron chi connectivity index (χ4n) is 2.32. The van der Waals surface area contributed by atoms with E-state index in [1.165, 1.54) is 17.8 Å². The molecule has 24 heavy (non-hydrogen) atoms. The van der Waals surface area contributed by atoms with E-state index in [2.05, 4.69) is 19.2 Å². The minimum Gasteiger partial charge on any atom is -0.423 e. The van der Waals surface area contributed by atoms with Gasteiger partial charge in [0.25, 0.3) is 0 Å². The highest BCUT2D eigenvalue weighted by Crippen LogP contribution is 2.24. The summed E-state index contributed by atoms with van der Waals surface area (Å²) in [5.74, 6) is 1.42. The molecule has 1 N–H and O–H groups in total. The zero-order valence-corrected chi connectivity index (χ0v) is 15.8. The van der Waals surface area contributed by atoms with E-state index in [-0.39, 0.29) is 17.6 Å². The van der Waals surface area contributed by atoms with Crippen LogP contribution in [0.1, 0.15) is 37.5 Å². The number of thioether (sulfide) groups is 1. The topological polar surface area (TPSA) is 59.3 Å². The lowest BCUT2D eigenvalue weighted by atomic mass is 10.0. The summed E-state index contributed by atoms with van der Waals surface area (Å²) in [7, 11) is 0. The Hall–Kier alpha value is -1.75. The Labute approximate surface area is 147 Å². The third kappa shape index (κ3) is 4.63. The van der Waals surface area contributed by atoms with Crippen LogP contribution in [0.15, 0.2) is 27.4 Å². The first-order valence-corrected chi connectivity index (χ1v) is 9.34. The second kappa shape index (κ2) is 7.88. The van der Waals surface area contributed by atoms with Gasteiger partial charge in [-0.1, -0.05) is 13.8 Å². The number of carbonyl (C=O) groups is 1. The molecule has 0 radical (unpaired) electrons. The summed E-state index contributed by atoms with van der Waals surface area (Å²) in [6.07, 6.45) is 0. The zero-order chi connectivity index (χ0) is 17.9. The summed E-state index contributed by atoms with van der Waals surface area (Å²) in [5, 5.41) is 3.94. The van der Waals surface area contributed by atoms with E-state index < -0.39 is 0 Å². The van der Waals surface area contributed by atoms with Crippen molar-refractivity contribution in [3.05, 3.63) is 45.3 Å². The lowest BCUT2D eigenvalue weighted by molar-refractivity contribution is -0.119. The van der Waals surface area contributed by atoms with Crippen molar-refractivity contribution in [1.82, 2.24) is 5.32 Å². The van der Waals surface area contributed by atoms with Gasteiger partial charge in [0.2, 0.25) is 5.91 Å². The molecule has 2 aromatic rings. The van der Waals surface area contributed by atoms with Gasteiger partial charge in [-0.25, -0.2) is 4.79 Å². The van der Waals surface area contributed by atoms with Crippen LogP contribution in [0.5, 0.6) is 0 Å². The van der Waals surface area contributed by atoms with Crippen LogP contribution in [0.2, 0.25) is 0 Å². The molecule has 4 nitrogen and oxygen atoms in total. The van der Waals surface area contributed by atoms with E-state index in [4.69, 9.17) is 4.42 Å². The van der Waals surface area contributed by atoms with Crippen LogP contribution in [0.4, 0.5) is 0 Å². The smallest absolute Gasteiger partial charge is 0.336 e. The maximum Gasteiger partial charge on any atom is 0.336 e. The van der Waals surface area contributed by atoms with Gasteiger partial charge in [-0.3, -0.25) is 4.79 Å². The Morgan fingerprint density at radius 3 is 2.50 bits per heavy atom. The number of hydrogen-bond donors (Lipinski definition) is 1. The van der Waals surface area contributed by atoms with Crippen molar-refractivity contribution in [3.63, 3.8) is 0 Å². The summed E-state index contributed by atoms with van der Waals surface area (Å²) in [6.45, 7) is 10.2. The number of carbonyl (C=O) groups excluding carboxylic acids is 1. The first-order chi connectivity index (χ1) is 11.3.